The molecule has 0 spiro atoms. The molecule has 0 saturated carbocycles. The molecule has 2 heterocycles. The molecule has 186 valence electrons. The summed E-state index contributed by atoms with van der Waals surface area (Å²) < 4.78 is 12.9. The number of ether oxygens (including phenoxy) is 2. The van der Waals surface area contributed by atoms with E-state index in [1.165, 1.54) is 22.3 Å². The quantitative estimate of drug-likeness (QED) is 0.235. The normalized spacial score (nSPS) is 14.0. The van der Waals surface area contributed by atoms with Gasteiger partial charge in [0.05, 0.1) is 11.2 Å². The van der Waals surface area contributed by atoms with Crippen LogP contribution in [0.4, 0.5) is 0 Å². The first-order valence-electron chi connectivity index (χ1n) is 13.2. The molecule has 4 heteroatoms. The van der Waals surface area contributed by atoms with Crippen LogP contribution in [0.5, 0.6) is 23.0 Å². The van der Waals surface area contributed by atoms with E-state index in [0.29, 0.717) is 17.3 Å². The standard InChI is InChI=1S/C35H24N2O2/c1-35(2)26-14-8-6-12-23(26)25-19-31-32(20-27(25)35)38-29-17-16-22(18-30(29)39-31)33-24-13-7-9-15-28(24)36-34(37-33)21-10-4-3-5-11-21/h3-20H,1-2H3. The SMILES string of the molecule is CC1(C)c2ccccc2-c2cc3c(cc21)Oc1ccc(-c2nc(-c4ccccc4)nc4ccccc24)cc1O3. The van der Waals surface area contributed by atoms with E-state index >= 15 is 0 Å². The molecule has 0 unspecified atom stereocenters. The fourth-order valence-electron chi connectivity index (χ4n) is 5.94. The lowest BCUT2D eigenvalue weighted by molar-refractivity contribution is 0.359. The Bertz CT molecular complexity index is 1940. The summed E-state index contributed by atoms with van der Waals surface area (Å²) in [6, 6.07) is 37.1. The third-order valence-corrected chi connectivity index (χ3v) is 7.94. The van der Waals surface area contributed by atoms with Crippen LogP contribution >= 0.6 is 0 Å². The molecule has 0 saturated heterocycles. The smallest absolute Gasteiger partial charge is 0.170 e. The molecule has 1 aromatic heterocycles. The Morgan fingerprint density at radius 3 is 2.15 bits per heavy atom. The highest BCUT2D eigenvalue weighted by molar-refractivity contribution is 5.94. The summed E-state index contributed by atoms with van der Waals surface area (Å²) in [5.41, 5.74) is 8.63. The molecule has 1 aliphatic carbocycles. The van der Waals surface area contributed by atoms with Crippen molar-refractivity contribution in [3.63, 3.8) is 0 Å². The van der Waals surface area contributed by atoms with Crippen molar-refractivity contribution in [1.29, 1.82) is 0 Å². The average molecular weight is 505 g/mol. The molecule has 0 radical (unpaired) electrons. The minimum Gasteiger partial charge on any atom is -0.450 e. The van der Waals surface area contributed by atoms with Crippen molar-refractivity contribution in [1.82, 2.24) is 9.97 Å². The zero-order valence-corrected chi connectivity index (χ0v) is 21.6. The highest BCUT2D eigenvalue weighted by Crippen LogP contribution is 2.55. The van der Waals surface area contributed by atoms with Gasteiger partial charge in [0.1, 0.15) is 0 Å². The van der Waals surface area contributed by atoms with Crippen LogP contribution in [0.3, 0.4) is 0 Å². The summed E-state index contributed by atoms with van der Waals surface area (Å²) in [4.78, 5) is 9.86. The topological polar surface area (TPSA) is 44.2 Å². The third kappa shape index (κ3) is 3.31. The molecule has 8 rings (SSSR count). The number of rotatable bonds is 2. The van der Waals surface area contributed by atoms with Crippen LogP contribution in [0.15, 0.2) is 109 Å². The number of aromatic nitrogens is 2. The van der Waals surface area contributed by atoms with Crippen LogP contribution in [0, 0.1) is 0 Å². The van der Waals surface area contributed by atoms with Crippen molar-refractivity contribution >= 4 is 10.9 Å². The van der Waals surface area contributed by atoms with Crippen LogP contribution in [-0.2, 0) is 5.41 Å². The van der Waals surface area contributed by atoms with Gasteiger partial charge in [0, 0.05) is 21.9 Å². The molecular weight excluding hydrogens is 480 g/mol. The summed E-state index contributed by atoms with van der Waals surface area (Å²) in [6.07, 6.45) is 0. The summed E-state index contributed by atoms with van der Waals surface area (Å²) in [6.45, 7) is 4.54. The lowest BCUT2D eigenvalue weighted by Crippen LogP contribution is -2.15. The zero-order valence-electron chi connectivity index (χ0n) is 21.6. The van der Waals surface area contributed by atoms with Crippen LogP contribution in [-0.4, -0.2) is 9.97 Å². The first-order chi connectivity index (χ1) is 19.1. The van der Waals surface area contributed by atoms with Gasteiger partial charge < -0.3 is 9.47 Å². The highest BCUT2D eigenvalue weighted by atomic mass is 16.6. The number of hydrogen-bond acceptors (Lipinski definition) is 4. The van der Waals surface area contributed by atoms with Gasteiger partial charge in [-0.15, -0.1) is 0 Å². The maximum Gasteiger partial charge on any atom is 0.170 e. The Hall–Kier alpha value is -4.96. The van der Waals surface area contributed by atoms with Crippen LogP contribution in [0.25, 0.3) is 44.7 Å². The van der Waals surface area contributed by atoms with Crippen molar-refractivity contribution < 1.29 is 9.47 Å². The van der Waals surface area contributed by atoms with Gasteiger partial charge in [-0.2, -0.15) is 0 Å². The Morgan fingerprint density at radius 2 is 1.26 bits per heavy atom. The van der Waals surface area contributed by atoms with Gasteiger partial charge >= 0.3 is 0 Å². The number of fused-ring (bicyclic) bond motifs is 6. The first-order valence-corrected chi connectivity index (χ1v) is 13.2. The fraction of sp³-hybridized carbons (Fsp3) is 0.0857. The maximum absolute atomic E-state index is 6.51. The highest BCUT2D eigenvalue weighted by Gasteiger charge is 2.37. The Kier molecular flexibility index (Phi) is 4.54. The Balaban J connectivity index is 1.24. The number of benzene rings is 5. The fourth-order valence-corrected chi connectivity index (χ4v) is 5.94. The second-order valence-electron chi connectivity index (χ2n) is 10.7. The molecule has 0 bridgehead atoms. The minimum atomic E-state index is -0.0982. The van der Waals surface area contributed by atoms with Crippen molar-refractivity contribution in [2.45, 2.75) is 19.3 Å². The van der Waals surface area contributed by atoms with E-state index in [2.05, 4.69) is 56.3 Å². The molecule has 1 aliphatic heterocycles. The van der Waals surface area contributed by atoms with Crippen LogP contribution < -0.4 is 9.47 Å². The maximum atomic E-state index is 6.51. The summed E-state index contributed by atoms with van der Waals surface area (Å²) in [5, 5.41) is 0.992. The van der Waals surface area contributed by atoms with Gasteiger partial charge in [-0.25, -0.2) is 9.97 Å². The Morgan fingerprint density at radius 1 is 0.538 bits per heavy atom. The number of para-hydroxylation sites is 1. The zero-order chi connectivity index (χ0) is 26.1. The summed E-state index contributed by atoms with van der Waals surface area (Å²) in [7, 11) is 0. The molecule has 6 aromatic rings. The Labute approximate surface area is 226 Å². The predicted molar refractivity (Wildman–Crippen MR) is 155 cm³/mol. The molecule has 5 aromatic carbocycles. The molecule has 0 atom stereocenters. The van der Waals surface area contributed by atoms with Gasteiger partial charge in [-0.3, -0.25) is 0 Å². The van der Waals surface area contributed by atoms with E-state index in [9.17, 15) is 0 Å². The lowest BCUT2D eigenvalue weighted by Gasteiger charge is -2.25. The third-order valence-electron chi connectivity index (χ3n) is 7.94. The van der Waals surface area contributed by atoms with Gasteiger partial charge in [0.2, 0.25) is 0 Å². The molecule has 4 nitrogen and oxygen atoms in total. The van der Waals surface area contributed by atoms with Gasteiger partial charge in [0.25, 0.3) is 0 Å². The van der Waals surface area contributed by atoms with E-state index in [4.69, 9.17) is 19.4 Å². The van der Waals surface area contributed by atoms with E-state index in [1.807, 2.05) is 66.7 Å². The van der Waals surface area contributed by atoms with E-state index in [1.54, 1.807) is 0 Å². The van der Waals surface area contributed by atoms with E-state index in [0.717, 1.165) is 39.2 Å². The number of nitrogens with zero attached hydrogens (tertiary/aromatic N) is 2. The predicted octanol–water partition coefficient (Wildman–Crippen LogP) is 9.17. The molecule has 0 N–H and O–H groups in total. The largest absolute Gasteiger partial charge is 0.450 e. The van der Waals surface area contributed by atoms with Crippen molar-refractivity contribution in [3.8, 4) is 56.8 Å². The van der Waals surface area contributed by atoms with Gasteiger partial charge in [0.15, 0.2) is 28.8 Å². The van der Waals surface area contributed by atoms with Crippen molar-refractivity contribution in [2.75, 3.05) is 0 Å². The average Bonchev–Trinajstić information content (AvgIpc) is 3.20. The molecule has 0 amide bonds. The van der Waals surface area contributed by atoms with E-state index < -0.39 is 0 Å². The molecule has 2 aliphatic rings. The van der Waals surface area contributed by atoms with Gasteiger partial charge in [-0.05, 0) is 58.7 Å². The minimum absolute atomic E-state index is 0.0982. The second kappa shape index (κ2) is 8.02. The molecular formula is C35H24N2O2. The second-order valence-corrected chi connectivity index (χ2v) is 10.7. The van der Waals surface area contributed by atoms with Crippen molar-refractivity contribution in [3.05, 3.63) is 120 Å². The van der Waals surface area contributed by atoms with Crippen LogP contribution in [0.2, 0.25) is 0 Å². The summed E-state index contributed by atoms with van der Waals surface area (Å²) >= 11 is 0. The molecule has 0 fully saturated rings. The van der Waals surface area contributed by atoms with E-state index in [-0.39, 0.29) is 5.41 Å². The lowest BCUT2D eigenvalue weighted by atomic mass is 9.82. The molecule has 39 heavy (non-hydrogen) atoms. The van der Waals surface area contributed by atoms with Crippen molar-refractivity contribution in [2.24, 2.45) is 0 Å². The summed E-state index contributed by atoms with van der Waals surface area (Å²) in [5.74, 6) is 3.54. The van der Waals surface area contributed by atoms with Crippen LogP contribution in [0.1, 0.15) is 25.0 Å². The monoisotopic (exact) mass is 504 g/mol. The van der Waals surface area contributed by atoms with Gasteiger partial charge in [-0.1, -0.05) is 86.6 Å². The first kappa shape index (κ1) is 22.1. The number of hydrogen-bond donors (Lipinski definition) is 0.